The van der Waals surface area contributed by atoms with Crippen LogP contribution in [-0.4, -0.2) is 45.2 Å². The number of aryl methyl sites for hydroxylation is 1. The van der Waals surface area contributed by atoms with Gasteiger partial charge in [0.1, 0.15) is 17.0 Å². The van der Waals surface area contributed by atoms with Crippen molar-refractivity contribution >= 4 is 132 Å². The minimum Gasteiger partial charge on any atom is -0.455 e. The maximum absolute atomic E-state index is 7.23. The van der Waals surface area contributed by atoms with Crippen molar-refractivity contribution in [3.8, 4) is 84.9 Å². The summed E-state index contributed by atoms with van der Waals surface area (Å²) >= 11 is 1.82. The highest BCUT2D eigenvalue weighted by molar-refractivity contribution is 7.26. The number of furan rings is 1. The van der Waals surface area contributed by atoms with Crippen molar-refractivity contribution in [2.45, 2.75) is 19.8 Å². The van der Waals surface area contributed by atoms with Crippen LogP contribution in [0, 0.1) is 0 Å². The molecule has 0 saturated heterocycles. The lowest BCUT2D eigenvalue weighted by atomic mass is 9.93. The first-order valence-electron chi connectivity index (χ1n) is 35.3. The molecule has 490 valence electrons. The highest BCUT2D eigenvalue weighted by Crippen LogP contribution is 2.51. The fourth-order valence-corrected chi connectivity index (χ4v) is 17.6. The van der Waals surface area contributed by atoms with Gasteiger partial charge in [-0.2, -0.15) is 0 Å². The molecule has 0 spiro atoms. The van der Waals surface area contributed by atoms with Gasteiger partial charge >= 0.3 is 0 Å². The van der Waals surface area contributed by atoms with Gasteiger partial charge in [0.15, 0.2) is 17.5 Å². The van der Waals surface area contributed by atoms with E-state index in [1.165, 1.54) is 27.0 Å². The molecule has 0 unspecified atom stereocenters. The van der Waals surface area contributed by atoms with E-state index in [1.54, 1.807) is 0 Å². The lowest BCUT2D eigenvalue weighted by molar-refractivity contribution is 0.668. The molecule has 0 amide bonds. The first-order chi connectivity index (χ1) is 51.3. The second kappa shape index (κ2) is 23.4. The molecule has 0 bridgehead atoms. The minimum atomic E-state index is 0.554. The number of anilines is 2. The van der Waals surface area contributed by atoms with Crippen LogP contribution in [0.3, 0.4) is 0 Å². The maximum atomic E-state index is 7.23. The van der Waals surface area contributed by atoms with E-state index in [0.29, 0.717) is 17.5 Å². The number of thiophene rings is 1. The summed E-state index contributed by atoms with van der Waals surface area (Å²) in [6, 6.07) is 104. The molecular weight excluding hydrogens is 1290 g/mol. The Kier molecular flexibility index (Phi) is 13.4. The Morgan fingerprint density at radius 2 is 0.962 bits per heavy atom. The standard InChI is InChI=1S/C93H61N9OS/c1-4-84-94-73(57-24-9-5-10-25-57)52-74(95-84)58-40-42-64(43-41-58)100-56(3)55(2)71-51-72-82(53-80(71)100)104-83-54-81-86(67-34-17-20-37-76(67)101(81)63-32-15-8-16-33-63)85(88(72)83)60-28-23-29-61(50-60)92-96-91(59-26-11-6-12-27-59)97-93(98-92)70-36-19-22-39-78(70)102-77-38-21-18-35-68(77)87-79(102)47-45-66-65-44-46-75-69(89(65)103-90(66)87)48-49-99(75)62-30-13-7-14-31-62/h5-47,50-54H,2-4,48-49H2,1H3. The molecule has 0 fully saturated rings. The summed E-state index contributed by atoms with van der Waals surface area (Å²) in [7, 11) is 0. The van der Waals surface area contributed by atoms with Crippen LogP contribution >= 0.6 is 11.3 Å². The molecule has 104 heavy (non-hydrogen) atoms. The molecule has 13 aromatic carbocycles. The Bertz CT molecular complexity index is 7060. The molecule has 0 aliphatic carbocycles. The van der Waals surface area contributed by atoms with Crippen molar-refractivity contribution in [2.75, 3.05) is 11.4 Å². The zero-order valence-corrected chi connectivity index (χ0v) is 57.4. The predicted octanol–water partition coefficient (Wildman–Crippen LogP) is 22.1. The average molecular weight is 1350 g/mol. The van der Waals surface area contributed by atoms with Crippen LogP contribution in [0.5, 0.6) is 0 Å². The fourth-order valence-electron chi connectivity index (χ4n) is 16.4. The molecule has 20 aromatic rings. The second-order valence-electron chi connectivity index (χ2n) is 27.0. The number of hydrogen-bond acceptors (Lipinski definition) is 8. The Morgan fingerprint density at radius 1 is 0.375 bits per heavy atom. The van der Waals surface area contributed by atoms with Crippen molar-refractivity contribution < 1.29 is 4.42 Å². The number of benzene rings is 13. The van der Waals surface area contributed by atoms with Crippen LogP contribution < -0.4 is 15.5 Å². The van der Waals surface area contributed by atoms with Gasteiger partial charge in [0.25, 0.3) is 0 Å². The van der Waals surface area contributed by atoms with E-state index in [9.17, 15) is 0 Å². The zero-order valence-electron chi connectivity index (χ0n) is 56.6. The van der Waals surface area contributed by atoms with Gasteiger partial charge in [-0.15, -0.1) is 11.3 Å². The van der Waals surface area contributed by atoms with Gasteiger partial charge in [0.2, 0.25) is 0 Å². The lowest BCUT2D eigenvalue weighted by Gasteiger charge is -2.19. The maximum Gasteiger partial charge on any atom is 0.166 e. The third-order valence-electron chi connectivity index (χ3n) is 21.2. The van der Waals surface area contributed by atoms with Crippen molar-refractivity contribution in [2.24, 2.45) is 0 Å². The van der Waals surface area contributed by atoms with E-state index in [0.717, 1.165) is 190 Å². The molecule has 8 heterocycles. The fraction of sp³-hybridized carbons (Fsp3) is 0.0430. The Balaban J connectivity index is 0.737. The largest absolute Gasteiger partial charge is 0.455 e. The van der Waals surface area contributed by atoms with Gasteiger partial charge in [0, 0.05) is 138 Å². The van der Waals surface area contributed by atoms with E-state index >= 15 is 0 Å². The first-order valence-corrected chi connectivity index (χ1v) is 36.2. The van der Waals surface area contributed by atoms with Crippen LogP contribution in [0.15, 0.2) is 296 Å². The summed E-state index contributed by atoms with van der Waals surface area (Å²) in [4.78, 5) is 28.8. The molecule has 10 nitrogen and oxygen atoms in total. The molecule has 1 aliphatic heterocycles. The third kappa shape index (κ3) is 9.16. The molecule has 1 aliphatic rings. The molecule has 11 heteroatoms. The van der Waals surface area contributed by atoms with E-state index < -0.39 is 0 Å². The summed E-state index contributed by atoms with van der Waals surface area (Å²) in [6.45, 7) is 12.5. The molecule has 0 radical (unpaired) electrons. The zero-order chi connectivity index (χ0) is 68.8. The van der Waals surface area contributed by atoms with E-state index in [4.69, 9.17) is 42.5 Å². The number of aromatic nitrogens is 8. The molecular formula is C93H61N9OS. The number of para-hydroxylation sites is 5. The molecule has 0 saturated carbocycles. The van der Waals surface area contributed by atoms with Gasteiger partial charge in [-0.1, -0.05) is 196 Å². The normalized spacial score (nSPS) is 12.5. The quantitative estimate of drug-likeness (QED) is 0.127. The summed E-state index contributed by atoms with van der Waals surface area (Å²) in [6.07, 6.45) is 1.62. The number of fused-ring (bicyclic) bond motifs is 16. The predicted molar refractivity (Wildman–Crippen MR) is 431 cm³/mol. The van der Waals surface area contributed by atoms with Crippen LogP contribution in [0.2, 0.25) is 0 Å². The van der Waals surface area contributed by atoms with Crippen LogP contribution in [0.25, 0.3) is 195 Å². The van der Waals surface area contributed by atoms with Crippen molar-refractivity contribution in [1.29, 1.82) is 0 Å². The van der Waals surface area contributed by atoms with Gasteiger partial charge in [-0.3, -0.25) is 0 Å². The molecule has 7 aromatic heterocycles. The number of rotatable bonds is 11. The summed E-state index contributed by atoms with van der Waals surface area (Å²) in [5.41, 5.74) is 22.5. The van der Waals surface area contributed by atoms with Crippen molar-refractivity contribution in [1.82, 2.24) is 38.6 Å². The molecule has 0 N–H and O–H groups in total. The SMILES string of the molecule is C=c1c(=C)n(-c2ccc(-c3cc(-c4ccccc4)nc(CC)n3)cc2)c2cc3sc4cc5c(c(-c6cccc(-c7nc(-c8ccccc8)nc(-c8ccccc8-n8c9ccccc9c9c%10oc%11c%12c(ccc%11c%10ccc98)N(c8ccccc8)CC%12)n7)c6)c4c3cc12)c1ccccc1n5-c1ccccc1. The Hall–Kier alpha value is -13.4. The highest BCUT2D eigenvalue weighted by atomic mass is 32.1. The van der Waals surface area contributed by atoms with E-state index in [2.05, 4.69) is 280 Å². The van der Waals surface area contributed by atoms with Gasteiger partial charge in [0.05, 0.1) is 50.0 Å². The van der Waals surface area contributed by atoms with Crippen molar-refractivity contribution in [3.63, 3.8) is 0 Å². The minimum absolute atomic E-state index is 0.554. The Morgan fingerprint density at radius 3 is 1.71 bits per heavy atom. The van der Waals surface area contributed by atoms with Crippen LogP contribution in [0.1, 0.15) is 18.3 Å². The molecule has 21 rings (SSSR count). The summed E-state index contributed by atoms with van der Waals surface area (Å²) in [5, 5.41) is 11.8. The van der Waals surface area contributed by atoms with E-state index in [-0.39, 0.29) is 0 Å². The third-order valence-corrected chi connectivity index (χ3v) is 22.3. The highest BCUT2D eigenvalue weighted by Gasteiger charge is 2.29. The van der Waals surface area contributed by atoms with E-state index in [1.807, 2.05) is 47.7 Å². The van der Waals surface area contributed by atoms with Crippen LogP contribution in [0.4, 0.5) is 11.4 Å². The average Bonchev–Trinajstić information content (AvgIpc) is 1.56. The van der Waals surface area contributed by atoms with Gasteiger partial charge in [-0.25, -0.2) is 24.9 Å². The monoisotopic (exact) mass is 1350 g/mol. The van der Waals surface area contributed by atoms with Crippen LogP contribution in [-0.2, 0) is 12.8 Å². The second-order valence-corrected chi connectivity index (χ2v) is 28.1. The van der Waals surface area contributed by atoms with Crippen molar-refractivity contribution in [3.05, 3.63) is 313 Å². The smallest absolute Gasteiger partial charge is 0.166 e. The number of nitrogens with zero attached hydrogens (tertiary/aromatic N) is 9. The topological polar surface area (TPSA) is 95.6 Å². The summed E-state index contributed by atoms with van der Waals surface area (Å²) in [5.74, 6) is 2.49. The number of hydrogen-bond donors (Lipinski definition) is 0. The lowest BCUT2D eigenvalue weighted by Crippen LogP contribution is -2.25. The van der Waals surface area contributed by atoms with Gasteiger partial charge in [-0.05, 0) is 127 Å². The first kappa shape index (κ1) is 59.5. The molecule has 0 atom stereocenters. The van der Waals surface area contributed by atoms with Gasteiger partial charge < -0.3 is 23.0 Å². The summed E-state index contributed by atoms with van der Waals surface area (Å²) < 4.78 is 16.6. The Labute approximate surface area is 600 Å².